The minimum atomic E-state index is 0.457. The van der Waals surface area contributed by atoms with Gasteiger partial charge in [-0.1, -0.05) is 77.4 Å². The SMILES string of the molecule is CCCc1ccc2occ(-c3nc4ccccc4n3Cc3c(C(C)C)cccc3C(C)C)c2c1. The van der Waals surface area contributed by atoms with Crippen molar-refractivity contribution < 1.29 is 4.42 Å². The second-order valence-corrected chi connectivity index (χ2v) is 9.96. The van der Waals surface area contributed by atoms with E-state index in [4.69, 9.17) is 9.40 Å². The smallest absolute Gasteiger partial charge is 0.145 e. The molecule has 0 radical (unpaired) electrons. The average molecular weight is 451 g/mol. The van der Waals surface area contributed by atoms with Gasteiger partial charge in [-0.25, -0.2) is 4.98 Å². The first-order chi connectivity index (χ1) is 16.5. The summed E-state index contributed by atoms with van der Waals surface area (Å²) in [6.45, 7) is 12.2. The Bertz CT molecular complexity index is 1430. The van der Waals surface area contributed by atoms with Gasteiger partial charge in [-0.15, -0.1) is 0 Å². The molecule has 0 saturated carbocycles. The molecule has 0 amide bonds. The van der Waals surface area contributed by atoms with E-state index in [0.29, 0.717) is 11.8 Å². The Kier molecular flexibility index (Phi) is 6.03. The number of fused-ring (bicyclic) bond motifs is 2. The molecule has 0 fully saturated rings. The van der Waals surface area contributed by atoms with Crippen LogP contribution in [-0.4, -0.2) is 9.55 Å². The van der Waals surface area contributed by atoms with Crippen LogP contribution in [0, 0.1) is 0 Å². The van der Waals surface area contributed by atoms with Gasteiger partial charge in [-0.2, -0.15) is 0 Å². The Labute approximate surface area is 202 Å². The van der Waals surface area contributed by atoms with Crippen molar-refractivity contribution in [2.24, 2.45) is 0 Å². The van der Waals surface area contributed by atoms with Gasteiger partial charge in [0.2, 0.25) is 0 Å². The van der Waals surface area contributed by atoms with Crippen LogP contribution in [0.4, 0.5) is 0 Å². The lowest BCUT2D eigenvalue weighted by molar-refractivity contribution is 0.616. The molecule has 0 spiro atoms. The first kappa shape index (κ1) is 22.5. The highest BCUT2D eigenvalue weighted by Gasteiger charge is 2.21. The van der Waals surface area contributed by atoms with Crippen LogP contribution in [0.25, 0.3) is 33.4 Å². The molecule has 0 N–H and O–H groups in total. The standard InChI is InChI=1S/C31H34N2O/c1-6-10-22-15-16-30-25(17-22)27(19-34-30)31-32-28-13-7-8-14-29(28)33(31)18-26-23(20(2)3)11-9-12-24(26)21(4)5/h7-9,11-17,19-21H,6,10,18H2,1-5H3. The van der Waals surface area contributed by atoms with Gasteiger partial charge in [0.05, 0.1) is 23.1 Å². The first-order valence-corrected chi connectivity index (χ1v) is 12.5. The van der Waals surface area contributed by atoms with E-state index in [2.05, 4.69) is 99.8 Å². The summed E-state index contributed by atoms with van der Waals surface area (Å²) in [4.78, 5) is 5.13. The summed E-state index contributed by atoms with van der Waals surface area (Å²) in [7, 11) is 0. The number of rotatable bonds is 7. The summed E-state index contributed by atoms with van der Waals surface area (Å²) in [6, 6.07) is 21.8. The number of imidazole rings is 1. The maximum absolute atomic E-state index is 6.01. The lowest BCUT2D eigenvalue weighted by Gasteiger charge is -2.21. The molecule has 174 valence electrons. The van der Waals surface area contributed by atoms with Crippen LogP contribution in [-0.2, 0) is 13.0 Å². The Morgan fingerprint density at radius 3 is 2.32 bits per heavy atom. The monoisotopic (exact) mass is 450 g/mol. The van der Waals surface area contributed by atoms with Crippen molar-refractivity contribution in [1.29, 1.82) is 0 Å². The fourth-order valence-electron chi connectivity index (χ4n) is 5.18. The molecule has 3 aromatic carbocycles. The molecule has 3 nitrogen and oxygen atoms in total. The predicted molar refractivity (Wildman–Crippen MR) is 143 cm³/mol. The van der Waals surface area contributed by atoms with Crippen LogP contribution in [0.2, 0.25) is 0 Å². The van der Waals surface area contributed by atoms with Crippen LogP contribution in [0.1, 0.15) is 75.1 Å². The molecule has 5 aromatic rings. The number of furan rings is 1. The van der Waals surface area contributed by atoms with Crippen molar-refractivity contribution in [3.05, 3.63) is 89.2 Å². The van der Waals surface area contributed by atoms with Gasteiger partial charge in [0.15, 0.2) is 0 Å². The maximum atomic E-state index is 6.01. The second-order valence-electron chi connectivity index (χ2n) is 9.96. The molecular weight excluding hydrogens is 416 g/mol. The topological polar surface area (TPSA) is 31.0 Å². The fraction of sp³-hybridized carbons (Fsp3) is 0.323. The van der Waals surface area contributed by atoms with Gasteiger partial charge in [0.1, 0.15) is 17.7 Å². The minimum Gasteiger partial charge on any atom is -0.464 e. The molecular formula is C31H34N2O. The molecule has 34 heavy (non-hydrogen) atoms. The second kappa shape index (κ2) is 9.13. The highest BCUT2D eigenvalue weighted by atomic mass is 16.3. The van der Waals surface area contributed by atoms with E-state index in [1.54, 1.807) is 0 Å². The predicted octanol–water partition coefficient (Wildman–Crippen LogP) is 8.70. The number of para-hydroxylation sites is 2. The molecule has 0 aliphatic rings. The summed E-state index contributed by atoms with van der Waals surface area (Å²) < 4.78 is 8.40. The molecule has 0 saturated heterocycles. The molecule has 2 heterocycles. The molecule has 0 atom stereocenters. The van der Waals surface area contributed by atoms with Crippen LogP contribution in [0.3, 0.4) is 0 Å². The zero-order valence-electron chi connectivity index (χ0n) is 20.9. The van der Waals surface area contributed by atoms with Crippen LogP contribution < -0.4 is 0 Å². The van der Waals surface area contributed by atoms with Gasteiger partial charge in [0, 0.05) is 5.39 Å². The summed E-state index contributed by atoms with van der Waals surface area (Å²) in [5.41, 5.74) is 9.74. The van der Waals surface area contributed by atoms with Crippen LogP contribution in [0.5, 0.6) is 0 Å². The minimum absolute atomic E-state index is 0.457. The van der Waals surface area contributed by atoms with Gasteiger partial charge >= 0.3 is 0 Å². The largest absolute Gasteiger partial charge is 0.464 e. The molecule has 5 rings (SSSR count). The zero-order valence-corrected chi connectivity index (χ0v) is 20.9. The van der Waals surface area contributed by atoms with E-state index >= 15 is 0 Å². The molecule has 2 aromatic heterocycles. The molecule has 0 bridgehead atoms. The number of aromatic nitrogens is 2. The molecule has 0 aliphatic heterocycles. The molecule has 0 unspecified atom stereocenters. The lowest BCUT2D eigenvalue weighted by Crippen LogP contribution is -2.10. The molecule has 0 aliphatic carbocycles. The highest BCUT2D eigenvalue weighted by molar-refractivity contribution is 5.95. The third-order valence-corrected chi connectivity index (χ3v) is 6.88. The van der Waals surface area contributed by atoms with E-state index in [0.717, 1.165) is 52.8 Å². The van der Waals surface area contributed by atoms with E-state index < -0.39 is 0 Å². The van der Waals surface area contributed by atoms with Crippen molar-refractivity contribution in [1.82, 2.24) is 9.55 Å². The van der Waals surface area contributed by atoms with Gasteiger partial charge in [-0.05, 0) is 64.8 Å². The van der Waals surface area contributed by atoms with Crippen molar-refractivity contribution in [3.8, 4) is 11.4 Å². The number of hydrogen-bond donors (Lipinski definition) is 0. The van der Waals surface area contributed by atoms with Crippen molar-refractivity contribution in [3.63, 3.8) is 0 Å². The normalized spacial score (nSPS) is 12.0. The first-order valence-electron chi connectivity index (χ1n) is 12.5. The summed E-state index contributed by atoms with van der Waals surface area (Å²) >= 11 is 0. The number of aryl methyl sites for hydroxylation is 1. The third kappa shape index (κ3) is 3.94. The van der Waals surface area contributed by atoms with E-state index in [9.17, 15) is 0 Å². The Hall–Kier alpha value is -3.33. The van der Waals surface area contributed by atoms with Crippen molar-refractivity contribution >= 4 is 22.0 Å². The van der Waals surface area contributed by atoms with E-state index in [-0.39, 0.29) is 0 Å². The Morgan fingerprint density at radius 2 is 1.62 bits per heavy atom. The van der Waals surface area contributed by atoms with Crippen molar-refractivity contribution in [2.45, 2.75) is 65.8 Å². The van der Waals surface area contributed by atoms with Crippen LogP contribution in [0.15, 0.2) is 71.3 Å². The number of benzene rings is 3. The lowest BCUT2D eigenvalue weighted by atomic mass is 9.88. The summed E-state index contributed by atoms with van der Waals surface area (Å²) in [5.74, 6) is 1.89. The van der Waals surface area contributed by atoms with E-state index in [1.807, 2.05) is 6.26 Å². The van der Waals surface area contributed by atoms with Crippen molar-refractivity contribution in [2.75, 3.05) is 0 Å². The maximum Gasteiger partial charge on any atom is 0.145 e. The number of hydrogen-bond acceptors (Lipinski definition) is 2. The van der Waals surface area contributed by atoms with Gasteiger partial charge < -0.3 is 8.98 Å². The van der Waals surface area contributed by atoms with Gasteiger partial charge in [-0.3, -0.25) is 0 Å². The van der Waals surface area contributed by atoms with Crippen LogP contribution >= 0.6 is 0 Å². The quantitative estimate of drug-likeness (QED) is 0.248. The average Bonchev–Trinajstić information content (AvgIpc) is 3.40. The van der Waals surface area contributed by atoms with E-state index in [1.165, 1.54) is 22.3 Å². The highest BCUT2D eigenvalue weighted by Crippen LogP contribution is 2.36. The van der Waals surface area contributed by atoms with Gasteiger partial charge in [0.25, 0.3) is 0 Å². The summed E-state index contributed by atoms with van der Waals surface area (Å²) in [5, 5.41) is 1.14. The number of nitrogens with zero attached hydrogens (tertiary/aromatic N) is 2. The summed E-state index contributed by atoms with van der Waals surface area (Å²) in [6.07, 6.45) is 4.08. The third-order valence-electron chi connectivity index (χ3n) is 6.88. The Balaban J connectivity index is 1.74. The zero-order chi connectivity index (χ0) is 23.8. The fourth-order valence-corrected chi connectivity index (χ4v) is 5.18. The molecule has 3 heteroatoms. The Morgan fingerprint density at radius 1 is 0.882 bits per heavy atom.